The van der Waals surface area contributed by atoms with Crippen molar-refractivity contribution in [3.63, 3.8) is 0 Å². The molecular formula is C17H26F3N3O. The van der Waals surface area contributed by atoms with Crippen molar-refractivity contribution in [3.8, 4) is 0 Å². The molecule has 0 aliphatic carbocycles. The molecule has 0 saturated carbocycles. The Morgan fingerprint density at radius 2 is 1.62 bits per heavy atom. The van der Waals surface area contributed by atoms with Crippen molar-refractivity contribution in [1.29, 1.82) is 0 Å². The summed E-state index contributed by atoms with van der Waals surface area (Å²) in [7, 11) is 0. The van der Waals surface area contributed by atoms with Gasteiger partial charge in [-0.05, 0) is 37.5 Å². The third-order valence-electron chi connectivity index (χ3n) is 3.95. The molecule has 0 aliphatic rings. The fraction of sp³-hybridized carbons (Fsp3) is 0.588. The van der Waals surface area contributed by atoms with Gasteiger partial charge in [-0.2, -0.15) is 13.2 Å². The zero-order valence-electron chi connectivity index (χ0n) is 14.4. The van der Waals surface area contributed by atoms with Crippen molar-refractivity contribution in [2.45, 2.75) is 51.9 Å². The van der Waals surface area contributed by atoms with E-state index in [2.05, 4.69) is 15.6 Å². The molecule has 0 aliphatic heterocycles. The van der Waals surface area contributed by atoms with Gasteiger partial charge in [0.05, 0.1) is 17.7 Å². The molecule has 1 rings (SSSR count). The fourth-order valence-corrected chi connectivity index (χ4v) is 2.06. The molecule has 1 aromatic carbocycles. The molecule has 0 aromatic heterocycles. The van der Waals surface area contributed by atoms with Crippen LogP contribution < -0.4 is 10.6 Å². The SMILES string of the molecule is CCNC(=NCc1ccc(C(F)(F)F)cc1)NCC(O)(CC)CC. The fourth-order valence-electron chi connectivity index (χ4n) is 2.06. The summed E-state index contributed by atoms with van der Waals surface area (Å²) in [5.41, 5.74) is -0.789. The lowest BCUT2D eigenvalue weighted by Gasteiger charge is -2.26. The van der Waals surface area contributed by atoms with Gasteiger partial charge in [-0.1, -0.05) is 26.0 Å². The summed E-state index contributed by atoms with van der Waals surface area (Å²) >= 11 is 0. The molecule has 0 amide bonds. The summed E-state index contributed by atoms with van der Waals surface area (Å²) in [6.07, 6.45) is -3.09. The minimum absolute atomic E-state index is 0.254. The van der Waals surface area contributed by atoms with Crippen molar-refractivity contribution >= 4 is 5.96 Å². The minimum Gasteiger partial charge on any atom is -0.388 e. The first-order valence-electron chi connectivity index (χ1n) is 8.14. The highest BCUT2D eigenvalue weighted by Crippen LogP contribution is 2.29. The van der Waals surface area contributed by atoms with Crippen LogP contribution in [0, 0.1) is 0 Å². The molecule has 0 radical (unpaired) electrons. The summed E-state index contributed by atoms with van der Waals surface area (Å²) in [5, 5.41) is 16.4. The second-order valence-corrected chi connectivity index (χ2v) is 5.67. The number of benzene rings is 1. The molecule has 1 aromatic rings. The number of hydrogen-bond donors (Lipinski definition) is 3. The van der Waals surface area contributed by atoms with E-state index in [1.807, 2.05) is 20.8 Å². The Bertz CT molecular complexity index is 523. The van der Waals surface area contributed by atoms with Crippen LogP contribution in [0.25, 0.3) is 0 Å². The van der Waals surface area contributed by atoms with E-state index in [1.54, 1.807) is 0 Å². The van der Waals surface area contributed by atoms with Gasteiger partial charge in [0.25, 0.3) is 0 Å². The monoisotopic (exact) mass is 345 g/mol. The van der Waals surface area contributed by atoms with Gasteiger partial charge in [-0.3, -0.25) is 0 Å². The van der Waals surface area contributed by atoms with E-state index in [1.165, 1.54) is 12.1 Å². The normalized spacial score (nSPS) is 13.0. The molecule has 0 fully saturated rings. The molecule has 3 N–H and O–H groups in total. The van der Waals surface area contributed by atoms with E-state index in [-0.39, 0.29) is 6.54 Å². The Kier molecular flexibility index (Phi) is 7.54. The number of alkyl halides is 3. The Morgan fingerprint density at radius 1 is 1.04 bits per heavy atom. The van der Waals surface area contributed by atoms with Gasteiger partial charge < -0.3 is 15.7 Å². The summed E-state index contributed by atoms with van der Waals surface area (Å²) in [6, 6.07) is 4.95. The number of nitrogens with zero attached hydrogens (tertiary/aromatic N) is 1. The van der Waals surface area contributed by atoms with Crippen molar-refractivity contribution in [2.75, 3.05) is 13.1 Å². The Balaban J connectivity index is 2.72. The maximum atomic E-state index is 12.5. The molecule has 0 spiro atoms. The van der Waals surface area contributed by atoms with Crippen LogP contribution in [0.1, 0.15) is 44.7 Å². The van der Waals surface area contributed by atoms with Gasteiger partial charge in [-0.15, -0.1) is 0 Å². The van der Waals surface area contributed by atoms with E-state index in [4.69, 9.17) is 0 Å². The van der Waals surface area contributed by atoms with Crippen molar-refractivity contribution < 1.29 is 18.3 Å². The van der Waals surface area contributed by atoms with Gasteiger partial charge in [0, 0.05) is 13.1 Å². The molecule has 4 nitrogen and oxygen atoms in total. The number of rotatable bonds is 7. The summed E-state index contributed by atoms with van der Waals surface area (Å²) in [6.45, 7) is 7.01. The minimum atomic E-state index is -4.33. The van der Waals surface area contributed by atoms with Crippen molar-refractivity contribution in [1.82, 2.24) is 10.6 Å². The Hall–Kier alpha value is -1.76. The van der Waals surface area contributed by atoms with E-state index < -0.39 is 17.3 Å². The van der Waals surface area contributed by atoms with Crippen LogP contribution in [-0.2, 0) is 12.7 Å². The first kappa shape index (κ1) is 20.3. The lowest BCUT2D eigenvalue weighted by Crippen LogP contribution is -2.46. The quantitative estimate of drug-likeness (QED) is 0.525. The molecule has 7 heteroatoms. The van der Waals surface area contributed by atoms with Gasteiger partial charge >= 0.3 is 6.18 Å². The number of guanidine groups is 1. The third kappa shape index (κ3) is 6.39. The lowest BCUT2D eigenvalue weighted by molar-refractivity contribution is -0.137. The Morgan fingerprint density at radius 3 is 2.08 bits per heavy atom. The van der Waals surface area contributed by atoms with Gasteiger partial charge in [-0.25, -0.2) is 4.99 Å². The molecule has 0 unspecified atom stereocenters. The van der Waals surface area contributed by atoms with Crippen molar-refractivity contribution in [2.24, 2.45) is 4.99 Å². The number of aliphatic hydroxyl groups is 1. The highest BCUT2D eigenvalue weighted by Gasteiger charge is 2.29. The maximum Gasteiger partial charge on any atom is 0.416 e. The zero-order valence-corrected chi connectivity index (χ0v) is 14.4. The van der Waals surface area contributed by atoms with Gasteiger partial charge in [0.2, 0.25) is 0 Å². The average Bonchev–Trinajstić information content (AvgIpc) is 2.56. The molecule has 0 atom stereocenters. The summed E-state index contributed by atoms with van der Waals surface area (Å²) in [4.78, 5) is 4.35. The second kappa shape index (κ2) is 8.92. The zero-order chi connectivity index (χ0) is 18.2. The molecule has 136 valence electrons. The first-order valence-corrected chi connectivity index (χ1v) is 8.14. The maximum absolute atomic E-state index is 12.5. The Labute approximate surface area is 141 Å². The largest absolute Gasteiger partial charge is 0.416 e. The van der Waals surface area contributed by atoms with Gasteiger partial charge in [0.15, 0.2) is 5.96 Å². The van der Waals surface area contributed by atoms with E-state index in [9.17, 15) is 18.3 Å². The molecular weight excluding hydrogens is 319 g/mol. The highest BCUT2D eigenvalue weighted by molar-refractivity contribution is 5.79. The third-order valence-corrected chi connectivity index (χ3v) is 3.95. The van der Waals surface area contributed by atoms with Crippen LogP contribution in [0.15, 0.2) is 29.3 Å². The standard InChI is InChI=1S/C17H26F3N3O/c1-4-16(24,5-2)12-23-15(21-6-3)22-11-13-7-9-14(10-8-13)17(18,19)20/h7-10,24H,4-6,11-12H2,1-3H3,(H2,21,22,23). The average molecular weight is 345 g/mol. The number of halogens is 3. The molecule has 24 heavy (non-hydrogen) atoms. The summed E-state index contributed by atoms with van der Waals surface area (Å²) in [5.74, 6) is 0.526. The highest BCUT2D eigenvalue weighted by atomic mass is 19.4. The van der Waals surface area contributed by atoms with E-state index in [0.717, 1.165) is 12.1 Å². The van der Waals surface area contributed by atoms with E-state index in [0.29, 0.717) is 37.5 Å². The predicted octanol–water partition coefficient (Wildman–Crippen LogP) is 3.31. The lowest BCUT2D eigenvalue weighted by atomic mass is 9.98. The van der Waals surface area contributed by atoms with Crippen LogP contribution in [0.5, 0.6) is 0 Å². The summed E-state index contributed by atoms with van der Waals surface area (Å²) < 4.78 is 37.6. The predicted molar refractivity (Wildman–Crippen MR) is 89.8 cm³/mol. The number of hydrogen-bond acceptors (Lipinski definition) is 2. The van der Waals surface area contributed by atoms with Crippen LogP contribution in [0.3, 0.4) is 0 Å². The van der Waals surface area contributed by atoms with Crippen molar-refractivity contribution in [3.05, 3.63) is 35.4 Å². The van der Waals surface area contributed by atoms with Crippen LogP contribution in [0.4, 0.5) is 13.2 Å². The second-order valence-electron chi connectivity index (χ2n) is 5.67. The van der Waals surface area contributed by atoms with Crippen LogP contribution >= 0.6 is 0 Å². The van der Waals surface area contributed by atoms with Crippen LogP contribution in [-0.4, -0.2) is 29.8 Å². The van der Waals surface area contributed by atoms with E-state index >= 15 is 0 Å². The molecule has 0 heterocycles. The smallest absolute Gasteiger partial charge is 0.388 e. The van der Waals surface area contributed by atoms with Gasteiger partial charge in [0.1, 0.15) is 0 Å². The van der Waals surface area contributed by atoms with Crippen LogP contribution in [0.2, 0.25) is 0 Å². The number of aliphatic imine (C=N–C) groups is 1. The topological polar surface area (TPSA) is 56.7 Å². The molecule has 0 bridgehead atoms. The first-order chi connectivity index (χ1) is 11.2. The molecule has 0 saturated heterocycles. The number of nitrogens with one attached hydrogen (secondary N) is 2.